The molecule has 3 rings (SSSR count). The van der Waals surface area contributed by atoms with Gasteiger partial charge in [-0.3, -0.25) is 10.1 Å². The Kier molecular flexibility index (Phi) is 6.65. The first-order chi connectivity index (χ1) is 13.9. The van der Waals surface area contributed by atoms with Gasteiger partial charge in [0.15, 0.2) is 9.84 Å². The molecule has 3 aromatic rings. The van der Waals surface area contributed by atoms with Crippen molar-refractivity contribution in [2.24, 2.45) is 0 Å². The fraction of sp³-hybridized carbons (Fsp3) is 0.211. The van der Waals surface area contributed by atoms with Gasteiger partial charge in [-0.15, -0.1) is 16.9 Å². The van der Waals surface area contributed by atoms with E-state index in [2.05, 4.69) is 15.5 Å². The predicted octanol–water partition coefficient (Wildman–Crippen LogP) is 3.79. The highest BCUT2D eigenvalue weighted by Crippen LogP contribution is 2.23. The van der Waals surface area contributed by atoms with E-state index in [1.165, 1.54) is 36.0 Å². The summed E-state index contributed by atoms with van der Waals surface area (Å²) in [6, 6.07) is 12.1. The summed E-state index contributed by atoms with van der Waals surface area (Å²) in [5, 5.41) is 10.2. The van der Waals surface area contributed by atoms with Crippen LogP contribution in [0.1, 0.15) is 13.3 Å². The van der Waals surface area contributed by atoms with Crippen LogP contribution in [0.15, 0.2) is 62.7 Å². The van der Waals surface area contributed by atoms with Crippen LogP contribution in [0.2, 0.25) is 0 Å². The molecule has 0 radical (unpaired) electrons. The maximum Gasteiger partial charge on any atom is 0.322 e. The molecule has 2 aromatic carbocycles. The Labute approximate surface area is 171 Å². The fourth-order valence-corrected chi connectivity index (χ4v) is 4.07. The lowest BCUT2D eigenvalue weighted by molar-refractivity contribution is -0.115. The first-order valence-electron chi connectivity index (χ1n) is 8.72. The van der Waals surface area contributed by atoms with E-state index in [-0.39, 0.29) is 40.7 Å². The lowest BCUT2D eigenvalue weighted by Crippen LogP contribution is -2.12. The Morgan fingerprint density at radius 1 is 1.10 bits per heavy atom. The predicted molar refractivity (Wildman–Crippen MR) is 108 cm³/mol. The van der Waals surface area contributed by atoms with E-state index in [1.807, 2.05) is 0 Å². The highest BCUT2D eigenvalue weighted by Gasteiger charge is 2.14. The van der Waals surface area contributed by atoms with Gasteiger partial charge >= 0.3 is 6.01 Å². The molecular weight excluding hydrogens is 417 g/mol. The van der Waals surface area contributed by atoms with Gasteiger partial charge in [0, 0.05) is 22.6 Å². The first-order valence-corrected chi connectivity index (χ1v) is 11.4. The zero-order valence-electron chi connectivity index (χ0n) is 15.5. The number of hydrogen-bond donors (Lipinski definition) is 1. The fourth-order valence-electron chi connectivity index (χ4n) is 2.34. The first kappa shape index (κ1) is 21.0. The topological polar surface area (TPSA) is 102 Å². The summed E-state index contributed by atoms with van der Waals surface area (Å²) in [6.07, 6.45) is 0.212. The molecule has 0 saturated heterocycles. The summed E-state index contributed by atoms with van der Waals surface area (Å²) in [6.45, 7) is 1.58. The van der Waals surface area contributed by atoms with Crippen molar-refractivity contribution in [3.8, 4) is 11.5 Å². The van der Waals surface area contributed by atoms with Gasteiger partial charge in [0.2, 0.25) is 11.8 Å². The van der Waals surface area contributed by atoms with Gasteiger partial charge in [0.25, 0.3) is 0 Å². The molecule has 0 spiro atoms. The minimum absolute atomic E-state index is 0.0164. The standard InChI is InChI=1S/C19H18FN3O4S2/c1-2-29(25,26)16-9-3-13(4-10-16)18-22-23-19(27-18)21-17(24)11-12-28-15-7-5-14(20)6-8-15/h3-10H,2,11-12H2,1H3,(H,21,23,24). The van der Waals surface area contributed by atoms with E-state index in [9.17, 15) is 17.6 Å². The van der Waals surface area contributed by atoms with Crippen LogP contribution in [0.4, 0.5) is 10.4 Å². The average molecular weight is 436 g/mol. The van der Waals surface area contributed by atoms with Crippen LogP contribution in [0.3, 0.4) is 0 Å². The van der Waals surface area contributed by atoms with Crippen LogP contribution < -0.4 is 5.32 Å². The number of sulfone groups is 1. The highest BCUT2D eigenvalue weighted by molar-refractivity contribution is 7.99. The Bertz CT molecular complexity index is 1080. The van der Waals surface area contributed by atoms with Gasteiger partial charge in [-0.2, -0.15) is 0 Å². The van der Waals surface area contributed by atoms with Gasteiger partial charge in [-0.25, -0.2) is 12.8 Å². The van der Waals surface area contributed by atoms with Gasteiger partial charge in [0.05, 0.1) is 10.6 Å². The number of hydrogen-bond acceptors (Lipinski definition) is 7. The maximum atomic E-state index is 12.9. The second-order valence-corrected chi connectivity index (χ2v) is 9.39. The van der Waals surface area contributed by atoms with E-state index in [0.717, 1.165) is 4.90 Å². The molecule has 29 heavy (non-hydrogen) atoms. The van der Waals surface area contributed by atoms with Gasteiger partial charge in [-0.1, -0.05) is 12.0 Å². The zero-order chi connectivity index (χ0) is 20.9. The number of carbonyl (C=O) groups excluding carboxylic acids is 1. The van der Waals surface area contributed by atoms with Crippen molar-refractivity contribution in [3.05, 3.63) is 54.3 Å². The van der Waals surface area contributed by atoms with Gasteiger partial charge in [0.1, 0.15) is 5.82 Å². The van der Waals surface area contributed by atoms with Crippen LogP contribution in [-0.4, -0.2) is 36.0 Å². The molecule has 1 amide bonds. The molecule has 152 valence electrons. The molecule has 7 nitrogen and oxygen atoms in total. The summed E-state index contributed by atoms with van der Waals surface area (Å²) in [5.41, 5.74) is 0.542. The van der Waals surface area contributed by atoms with Crippen LogP contribution in [0.5, 0.6) is 0 Å². The molecule has 0 atom stereocenters. The normalized spacial score (nSPS) is 11.4. The average Bonchev–Trinajstić information content (AvgIpc) is 3.18. The Hall–Kier alpha value is -2.72. The third kappa shape index (κ3) is 5.64. The number of carbonyl (C=O) groups is 1. The van der Waals surface area contributed by atoms with E-state index >= 15 is 0 Å². The van der Waals surface area contributed by atoms with Crippen molar-refractivity contribution >= 4 is 33.5 Å². The van der Waals surface area contributed by atoms with E-state index in [4.69, 9.17) is 4.42 Å². The van der Waals surface area contributed by atoms with E-state index in [0.29, 0.717) is 11.3 Å². The van der Waals surface area contributed by atoms with Crippen molar-refractivity contribution in [2.75, 3.05) is 16.8 Å². The molecule has 10 heteroatoms. The lowest BCUT2D eigenvalue weighted by Gasteiger charge is -2.02. The van der Waals surface area contributed by atoms with Crippen molar-refractivity contribution in [3.63, 3.8) is 0 Å². The molecule has 1 heterocycles. The second kappa shape index (κ2) is 9.19. The van der Waals surface area contributed by atoms with Crippen molar-refractivity contribution in [1.29, 1.82) is 0 Å². The number of rotatable bonds is 8. The number of amides is 1. The molecule has 0 unspecified atom stereocenters. The summed E-state index contributed by atoms with van der Waals surface area (Å²) in [4.78, 5) is 13.1. The van der Waals surface area contributed by atoms with Crippen LogP contribution in [0, 0.1) is 5.82 Å². The highest BCUT2D eigenvalue weighted by atomic mass is 32.2. The summed E-state index contributed by atoms with van der Waals surface area (Å²) in [7, 11) is -3.28. The van der Waals surface area contributed by atoms with Gasteiger partial charge in [-0.05, 0) is 48.5 Å². The Balaban J connectivity index is 1.54. The maximum absolute atomic E-state index is 12.9. The molecule has 0 aliphatic carbocycles. The molecule has 0 aliphatic rings. The second-order valence-electron chi connectivity index (χ2n) is 5.94. The van der Waals surface area contributed by atoms with Crippen LogP contribution in [-0.2, 0) is 14.6 Å². The number of aromatic nitrogens is 2. The van der Waals surface area contributed by atoms with Crippen molar-refractivity contribution in [1.82, 2.24) is 10.2 Å². The molecule has 0 bridgehead atoms. The van der Waals surface area contributed by atoms with Crippen LogP contribution >= 0.6 is 11.8 Å². The largest absolute Gasteiger partial charge is 0.403 e. The third-order valence-electron chi connectivity index (χ3n) is 3.92. The number of thioether (sulfide) groups is 1. The quantitative estimate of drug-likeness (QED) is 0.537. The minimum atomic E-state index is -3.28. The summed E-state index contributed by atoms with van der Waals surface area (Å²) < 4.78 is 42.0. The Morgan fingerprint density at radius 3 is 2.45 bits per heavy atom. The smallest absolute Gasteiger partial charge is 0.322 e. The number of halogens is 1. The molecular formula is C19H18FN3O4S2. The monoisotopic (exact) mass is 435 g/mol. The SMILES string of the molecule is CCS(=O)(=O)c1ccc(-c2nnc(NC(=O)CCSc3ccc(F)cc3)o2)cc1. The molecule has 0 fully saturated rings. The van der Waals surface area contributed by atoms with E-state index < -0.39 is 9.84 Å². The van der Waals surface area contributed by atoms with Crippen LogP contribution in [0.25, 0.3) is 11.5 Å². The molecule has 0 aliphatic heterocycles. The summed E-state index contributed by atoms with van der Waals surface area (Å²) in [5.74, 6) is 0.0931. The summed E-state index contributed by atoms with van der Waals surface area (Å²) >= 11 is 1.43. The Morgan fingerprint density at radius 2 is 1.79 bits per heavy atom. The molecule has 0 saturated carbocycles. The molecule has 1 aromatic heterocycles. The minimum Gasteiger partial charge on any atom is -0.403 e. The lowest BCUT2D eigenvalue weighted by atomic mass is 10.2. The third-order valence-corrected chi connectivity index (χ3v) is 6.69. The van der Waals surface area contributed by atoms with E-state index in [1.54, 1.807) is 31.2 Å². The van der Waals surface area contributed by atoms with Crippen molar-refractivity contribution < 1.29 is 22.0 Å². The number of nitrogens with one attached hydrogen (secondary N) is 1. The van der Waals surface area contributed by atoms with Crippen molar-refractivity contribution in [2.45, 2.75) is 23.1 Å². The number of nitrogens with zero attached hydrogens (tertiary/aromatic N) is 2. The van der Waals surface area contributed by atoms with Gasteiger partial charge < -0.3 is 4.42 Å². The zero-order valence-corrected chi connectivity index (χ0v) is 17.1. The number of anilines is 1. The molecule has 1 N–H and O–H groups in total. The number of benzene rings is 2.